The number of rotatable bonds is 1. The maximum Gasteiger partial charge on any atom is 0.266 e. The molecule has 1 unspecified atom stereocenters. The number of pyridine rings is 1. The number of hydrogen-bond donors (Lipinski definition) is 0. The van der Waals surface area contributed by atoms with E-state index in [1.807, 2.05) is 25.1 Å². The first-order valence-electron chi connectivity index (χ1n) is 4.04. The van der Waals surface area contributed by atoms with Crippen molar-refractivity contribution in [2.45, 2.75) is 13.0 Å². The summed E-state index contributed by atoms with van der Waals surface area (Å²) in [6, 6.07) is 5.64. The fourth-order valence-corrected chi connectivity index (χ4v) is 2.26. The average molecular weight is 198 g/mol. The Labute approximate surface area is 79.3 Å². The van der Waals surface area contributed by atoms with Crippen LogP contribution in [0.15, 0.2) is 24.4 Å². The van der Waals surface area contributed by atoms with E-state index in [0.717, 1.165) is 0 Å². The molecule has 0 radical (unpaired) electrons. The lowest BCUT2D eigenvalue weighted by molar-refractivity contribution is 0.366. The minimum Gasteiger partial charge on any atom is -0.271 e. The van der Waals surface area contributed by atoms with Gasteiger partial charge >= 0.3 is 0 Å². The van der Waals surface area contributed by atoms with Crippen molar-refractivity contribution < 1.29 is 8.39 Å². The molecule has 2 rings (SSSR count). The van der Waals surface area contributed by atoms with E-state index in [1.165, 1.54) is 0 Å². The van der Waals surface area contributed by atoms with Crippen LogP contribution in [-0.4, -0.2) is 21.8 Å². The molecular weight excluding hydrogens is 188 g/mol. The first-order chi connectivity index (χ1) is 6.29. The van der Waals surface area contributed by atoms with E-state index in [1.54, 1.807) is 10.5 Å². The highest BCUT2D eigenvalue weighted by Gasteiger charge is 2.29. The molecule has 1 fully saturated rings. The molecule has 0 aliphatic carbocycles. The number of anilines is 1. The zero-order chi connectivity index (χ0) is 9.26. The molecule has 1 aromatic heterocycles. The smallest absolute Gasteiger partial charge is 0.266 e. The molecule has 13 heavy (non-hydrogen) atoms. The lowest BCUT2D eigenvalue weighted by Crippen LogP contribution is -2.28. The van der Waals surface area contributed by atoms with Gasteiger partial charge in [0.15, 0.2) is 0 Å². The highest BCUT2D eigenvalue weighted by molar-refractivity contribution is 7.82. The lowest BCUT2D eigenvalue weighted by Gasteiger charge is -2.16. The first kappa shape index (κ1) is 8.65. The Morgan fingerprint density at radius 2 is 2.54 bits per heavy atom. The molecule has 0 bridgehead atoms. The summed E-state index contributed by atoms with van der Waals surface area (Å²) in [6.45, 7) is 2.45. The minimum absolute atomic E-state index is 0.121. The van der Waals surface area contributed by atoms with Gasteiger partial charge < -0.3 is 0 Å². The fraction of sp³-hybridized carbons (Fsp3) is 0.375. The van der Waals surface area contributed by atoms with Gasteiger partial charge in [0.2, 0.25) is 0 Å². The molecule has 0 N–H and O–H groups in total. The Morgan fingerprint density at radius 3 is 3.08 bits per heavy atom. The number of nitrogens with zero attached hydrogens (tertiary/aromatic N) is 2. The predicted molar refractivity (Wildman–Crippen MR) is 50.3 cm³/mol. The Morgan fingerprint density at radius 1 is 1.69 bits per heavy atom. The highest BCUT2D eigenvalue weighted by atomic mass is 32.2. The molecule has 0 saturated carbocycles. The fourth-order valence-electron chi connectivity index (χ4n) is 1.21. The van der Waals surface area contributed by atoms with Crippen LogP contribution in [0.1, 0.15) is 6.92 Å². The third-order valence-corrected chi connectivity index (χ3v) is 3.05. The van der Waals surface area contributed by atoms with Crippen LogP contribution in [0, 0.1) is 0 Å². The van der Waals surface area contributed by atoms with Gasteiger partial charge in [-0.1, -0.05) is 6.07 Å². The van der Waals surface area contributed by atoms with Crippen LogP contribution in [0.2, 0.25) is 0 Å². The molecule has 1 aliphatic heterocycles. The van der Waals surface area contributed by atoms with Gasteiger partial charge in [-0.15, -0.1) is 0 Å². The summed E-state index contributed by atoms with van der Waals surface area (Å²) in [4.78, 5) is 4.11. The molecule has 0 amide bonds. The first-order valence-corrected chi connectivity index (χ1v) is 5.07. The second-order valence-corrected chi connectivity index (χ2v) is 3.93. The van der Waals surface area contributed by atoms with Crippen molar-refractivity contribution in [3.8, 4) is 0 Å². The molecule has 5 heteroatoms. The predicted octanol–water partition coefficient (Wildman–Crippen LogP) is 0.885. The van der Waals surface area contributed by atoms with Crippen LogP contribution < -0.4 is 4.31 Å². The summed E-state index contributed by atoms with van der Waals surface area (Å²) in [7, 11) is 0. The normalized spacial score (nSPS) is 27.9. The number of aromatic nitrogens is 1. The molecule has 70 valence electrons. The summed E-state index contributed by atoms with van der Waals surface area (Å²) in [5.74, 6) is 0.700. The second-order valence-electron chi connectivity index (χ2n) is 2.86. The SMILES string of the molecule is C[C@@H]1COS(=O)N1c1ccccn1. The van der Waals surface area contributed by atoms with E-state index in [9.17, 15) is 4.21 Å². The van der Waals surface area contributed by atoms with Crippen molar-refractivity contribution in [2.75, 3.05) is 10.9 Å². The Balaban J connectivity index is 2.30. The third kappa shape index (κ3) is 1.57. The summed E-state index contributed by atoms with van der Waals surface area (Å²) in [6.07, 6.45) is 1.68. The summed E-state index contributed by atoms with van der Waals surface area (Å²) in [5.41, 5.74) is 0. The van der Waals surface area contributed by atoms with Gasteiger partial charge in [-0.25, -0.2) is 13.5 Å². The minimum atomic E-state index is -1.37. The zero-order valence-corrected chi connectivity index (χ0v) is 8.03. The van der Waals surface area contributed by atoms with Crippen molar-refractivity contribution in [1.29, 1.82) is 0 Å². The van der Waals surface area contributed by atoms with E-state index in [4.69, 9.17) is 4.18 Å². The van der Waals surface area contributed by atoms with Gasteiger partial charge in [-0.3, -0.25) is 4.18 Å². The summed E-state index contributed by atoms with van der Waals surface area (Å²) in [5, 5.41) is 0. The quantitative estimate of drug-likeness (QED) is 0.673. The maximum atomic E-state index is 11.4. The van der Waals surface area contributed by atoms with Gasteiger partial charge in [0.25, 0.3) is 11.3 Å². The molecule has 1 aromatic rings. The van der Waals surface area contributed by atoms with Gasteiger partial charge in [0.05, 0.1) is 12.6 Å². The van der Waals surface area contributed by atoms with Crippen molar-refractivity contribution in [3.63, 3.8) is 0 Å². The van der Waals surface area contributed by atoms with Crippen LogP contribution in [0.25, 0.3) is 0 Å². The third-order valence-electron chi connectivity index (χ3n) is 1.85. The van der Waals surface area contributed by atoms with Crippen LogP contribution in [0.3, 0.4) is 0 Å². The number of hydrogen-bond acceptors (Lipinski definition) is 3. The van der Waals surface area contributed by atoms with E-state index in [2.05, 4.69) is 4.98 Å². The van der Waals surface area contributed by atoms with Crippen molar-refractivity contribution in [2.24, 2.45) is 0 Å². The molecule has 1 aliphatic rings. The van der Waals surface area contributed by atoms with Crippen molar-refractivity contribution in [1.82, 2.24) is 4.98 Å². The summed E-state index contributed by atoms with van der Waals surface area (Å²) >= 11 is -1.37. The van der Waals surface area contributed by atoms with Crippen LogP contribution in [-0.2, 0) is 15.4 Å². The van der Waals surface area contributed by atoms with E-state index in [-0.39, 0.29) is 6.04 Å². The molecule has 4 nitrogen and oxygen atoms in total. The molecule has 2 heterocycles. The van der Waals surface area contributed by atoms with Crippen molar-refractivity contribution in [3.05, 3.63) is 24.4 Å². The maximum absolute atomic E-state index is 11.4. The lowest BCUT2D eigenvalue weighted by atomic mass is 10.3. The van der Waals surface area contributed by atoms with Crippen LogP contribution in [0.4, 0.5) is 5.82 Å². The van der Waals surface area contributed by atoms with Gasteiger partial charge in [0, 0.05) is 6.20 Å². The monoisotopic (exact) mass is 198 g/mol. The largest absolute Gasteiger partial charge is 0.271 e. The summed E-state index contributed by atoms with van der Waals surface area (Å²) < 4.78 is 18.0. The Kier molecular flexibility index (Phi) is 2.28. The Bertz CT molecular complexity index is 317. The van der Waals surface area contributed by atoms with E-state index >= 15 is 0 Å². The standard InChI is InChI=1S/C8H10N2O2S/c1-7-6-12-13(11)10(7)8-4-2-3-5-9-8/h2-5,7H,6H2,1H3/t7-,13?/m1/s1. The van der Waals surface area contributed by atoms with Crippen molar-refractivity contribution >= 4 is 17.1 Å². The van der Waals surface area contributed by atoms with E-state index in [0.29, 0.717) is 12.4 Å². The molecular formula is C8H10N2O2S. The highest BCUT2D eigenvalue weighted by Crippen LogP contribution is 2.21. The topological polar surface area (TPSA) is 42.4 Å². The molecule has 0 aromatic carbocycles. The molecule has 2 atom stereocenters. The van der Waals surface area contributed by atoms with Crippen LogP contribution in [0.5, 0.6) is 0 Å². The zero-order valence-electron chi connectivity index (χ0n) is 7.21. The average Bonchev–Trinajstić information content (AvgIpc) is 2.48. The Hall–Kier alpha value is -0.940. The second kappa shape index (κ2) is 3.43. The van der Waals surface area contributed by atoms with Gasteiger partial charge in [0.1, 0.15) is 5.82 Å². The molecule has 1 saturated heterocycles. The van der Waals surface area contributed by atoms with Gasteiger partial charge in [-0.05, 0) is 19.1 Å². The van der Waals surface area contributed by atoms with Crippen LogP contribution >= 0.6 is 0 Å². The van der Waals surface area contributed by atoms with E-state index < -0.39 is 11.3 Å². The van der Waals surface area contributed by atoms with Gasteiger partial charge in [-0.2, -0.15) is 0 Å². The molecule has 0 spiro atoms.